The molecular weight excluding hydrogens is 333 g/mol. The zero-order chi connectivity index (χ0) is 17.8. The lowest BCUT2D eigenvalue weighted by Gasteiger charge is -2.04. The van der Waals surface area contributed by atoms with Gasteiger partial charge in [-0.3, -0.25) is 5.10 Å². The summed E-state index contributed by atoms with van der Waals surface area (Å²) >= 11 is 0. The number of nitrogens with zero attached hydrogens (tertiary/aromatic N) is 2. The molecule has 0 aliphatic rings. The van der Waals surface area contributed by atoms with Crippen LogP contribution in [0.15, 0.2) is 71.4 Å². The molecule has 0 aliphatic heterocycles. The van der Waals surface area contributed by atoms with E-state index in [-0.39, 0.29) is 6.61 Å². The highest BCUT2D eigenvalue weighted by Gasteiger charge is 2.08. The number of halogens is 1. The van der Waals surface area contributed by atoms with Crippen LogP contribution in [0, 0.1) is 0 Å². The maximum Gasteiger partial charge on any atom is 0.124 e. The van der Waals surface area contributed by atoms with Crippen molar-refractivity contribution in [2.75, 3.05) is 13.3 Å². The quantitative estimate of drug-likeness (QED) is 0.546. The van der Waals surface area contributed by atoms with Crippen molar-refractivity contribution in [1.82, 2.24) is 15.4 Å². The van der Waals surface area contributed by atoms with E-state index in [9.17, 15) is 4.39 Å². The number of nitrogens with one attached hydrogen (secondary N) is 1. The van der Waals surface area contributed by atoms with Gasteiger partial charge in [0.05, 0.1) is 11.4 Å². The fraction of sp³-hybridized carbons (Fsp3) is 0.100. The molecule has 0 radical (unpaired) electrons. The Morgan fingerprint density at radius 3 is 2.54 bits per heavy atom. The van der Waals surface area contributed by atoms with Crippen LogP contribution in [-0.2, 0) is 0 Å². The van der Waals surface area contributed by atoms with Gasteiger partial charge in [0.1, 0.15) is 31.0 Å². The first kappa shape index (κ1) is 16.1. The van der Waals surface area contributed by atoms with Crippen LogP contribution in [0.25, 0.3) is 33.8 Å². The first-order chi connectivity index (χ1) is 12.8. The summed E-state index contributed by atoms with van der Waals surface area (Å²) in [6.07, 6.45) is 1.55. The van der Waals surface area contributed by atoms with E-state index >= 15 is 0 Å². The highest BCUT2D eigenvalue weighted by atomic mass is 19.1. The normalized spacial score (nSPS) is 10.8. The summed E-state index contributed by atoms with van der Waals surface area (Å²) in [6.45, 7) is -0.464. The summed E-state index contributed by atoms with van der Waals surface area (Å²) in [4.78, 5) is 0. The fourth-order valence-corrected chi connectivity index (χ4v) is 2.70. The molecule has 2 aromatic heterocycles. The van der Waals surface area contributed by atoms with E-state index in [1.165, 1.54) is 0 Å². The lowest BCUT2D eigenvalue weighted by Crippen LogP contribution is -1.98. The van der Waals surface area contributed by atoms with Crippen LogP contribution in [0.1, 0.15) is 0 Å². The van der Waals surface area contributed by atoms with Crippen molar-refractivity contribution < 1.29 is 13.7 Å². The minimum atomic E-state index is -0.513. The van der Waals surface area contributed by atoms with E-state index < -0.39 is 6.67 Å². The molecule has 0 aliphatic carbocycles. The third-order valence-corrected chi connectivity index (χ3v) is 3.98. The number of benzene rings is 2. The van der Waals surface area contributed by atoms with Crippen molar-refractivity contribution in [2.24, 2.45) is 0 Å². The summed E-state index contributed by atoms with van der Waals surface area (Å²) in [5.41, 5.74) is 5.41. The number of H-pyrrole nitrogens is 1. The highest BCUT2D eigenvalue weighted by Crippen LogP contribution is 2.27. The molecular formula is C20H16FN3O2. The van der Waals surface area contributed by atoms with E-state index in [0.29, 0.717) is 5.75 Å². The fourth-order valence-electron chi connectivity index (χ4n) is 2.70. The Kier molecular flexibility index (Phi) is 4.47. The number of hydrogen-bond donors (Lipinski definition) is 1. The molecule has 4 aromatic rings. The van der Waals surface area contributed by atoms with E-state index in [1.54, 1.807) is 12.3 Å². The van der Waals surface area contributed by atoms with Crippen molar-refractivity contribution in [3.05, 3.63) is 66.9 Å². The third-order valence-electron chi connectivity index (χ3n) is 3.98. The Hall–Kier alpha value is -3.41. The Labute approximate surface area is 149 Å². The Balaban J connectivity index is 1.56. The summed E-state index contributed by atoms with van der Waals surface area (Å²) in [5, 5.41) is 11.4. The van der Waals surface area contributed by atoms with Gasteiger partial charge in [-0.2, -0.15) is 5.10 Å². The molecule has 1 N–H and O–H groups in total. The predicted molar refractivity (Wildman–Crippen MR) is 96.4 cm³/mol. The van der Waals surface area contributed by atoms with Gasteiger partial charge in [0.2, 0.25) is 0 Å². The molecule has 0 bridgehead atoms. The molecule has 130 valence electrons. The minimum Gasteiger partial charge on any atom is -0.491 e. The zero-order valence-corrected chi connectivity index (χ0v) is 13.9. The largest absolute Gasteiger partial charge is 0.491 e. The molecule has 26 heavy (non-hydrogen) atoms. The van der Waals surface area contributed by atoms with E-state index in [1.807, 2.05) is 54.6 Å². The van der Waals surface area contributed by atoms with Gasteiger partial charge in [0, 0.05) is 17.2 Å². The van der Waals surface area contributed by atoms with Crippen LogP contribution >= 0.6 is 0 Å². The van der Waals surface area contributed by atoms with Gasteiger partial charge in [0.15, 0.2) is 0 Å². The maximum atomic E-state index is 12.3. The summed E-state index contributed by atoms with van der Waals surface area (Å²) in [6, 6.07) is 19.2. The maximum absolute atomic E-state index is 12.3. The molecule has 0 saturated carbocycles. The highest BCUT2D eigenvalue weighted by molar-refractivity contribution is 5.71. The molecule has 0 saturated heterocycles. The lowest BCUT2D eigenvalue weighted by atomic mass is 10.1. The molecule has 6 heteroatoms. The molecule has 0 fully saturated rings. The second-order valence-corrected chi connectivity index (χ2v) is 5.69. The van der Waals surface area contributed by atoms with E-state index in [2.05, 4.69) is 15.4 Å². The van der Waals surface area contributed by atoms with E-state index in [0.717, 1.165) is 33.8 Å². The SMILES string of the molecule is FCCOc1cccc(-c2cc(-c3ccc(-c4ccon4)cc3)[nH]n2)c1. The number of ether oxygens (including phenoxy) is 1. The zero-order valence-electron chi connectivity index (χ0n) is 13.9. The van der Waals surface area contributed by atoms with Crippen LogP contribution in [0.4, 0.5) is 4.39 Å². The molecule has 5 nitrogen and oxygen atoms in total. The summed E-state index contributed by atoms with van der Waals surface area (Å²) in [5.74, 6) is 0.627. The van der Waals surface area contributed by atoms with Crippen LogP contribution in [0.3, 0.4) is 0 Å². The molecule has 0 spiro atoms. The molecule has 0 amide bonds. The van der Waals surface area contributed by atoms with Gasteiger partial charge in [-0.15, -0.1) is 0 Å². The molecule has 2 aromatic carbocycles. The summed E-state index contributed by atoms with van der Waals surface area (Å²) in [7, 11) is 0. The number of aromatic nitrogens is 3. The Morgan fingerprint density at radius 2 is 1.77 bits per heavy atom. The van der Waals surface area contributed by atoms with Crippen molar-refractivity contribution in [1.29, 1.82) is 0 Å². The van der Waals surface area contributed by atoms with Crippen molar-refractivity contribution in [2.45, 2.75) is 0 Å². The number of rotatable bonds is 6. The van der Waals surface area contributed by atoms with Gasteiger partial charge >= 0.3 is 0 Å². The van der Waals surface area contributed by atoms with E-state index in [4.69, 9.17) is 9.26 Å². The smallest absolute Gasteiger partial charge is 0.124 e. The van der Waals surface area contributed by atoms with Crippen molar-refractivity contribution in [3.63, 3.8) is 0 Å². The Morgan fingerprint density at radius 1 is 0.923 bits per heavy atom. The molecule has 4 rings (SSSR count). The van der Waals surface area contributed by atoms with Crippen molar-refractivity contribution in [3.8, 4) is 39.5 Å². The standard InChI is InChI=1S/C20H16FN3O2/c21-9-11-25-17-3-1-2-16(12-17)20-13-19(22-23-20)15-6-4-14(5-7-15)18-8-10-26-24-18/h1-8,10,12-13H,9,11H2,(H,22,23). The average Bonchev–Trinajstić information content (AvgIpc) is 3.39. The number of hydrogen-bond acceptors (Lipinski definition) is 4. The Bertz CT molecular complexity index is 978. The molecule has 2 heterocycles. The van der Waals surface area contributed by atoms with Gasteiger partial charge in [0.25, 0.3) is 0 Å². The van der Waals surface area contributed by atoms with Gasteiger partial charge < -0.3 is 9.26 Å². The minimum absolute atomic E-state index is 0.0487. The monoisotopic (exact) mass is 349 g/mol. The third kappa shape index (κ3) is 3.35. The molecule has 0 atom stereocenters. The van der Waals surface area contributed by atoms with Crippen LogP contribution in [-0.4, -0.2) is 28.6 Å². The van der Waals surface area contributed by atoms with Gasteiger partial charge in [-0.25, -0.2) is 4.39 Å². The lowest BCUT2D eigenvalue weighted by molar-refractivity contribution is 0.273. The first-order valence-electron chi connectivity index (χ1n) is 8.19. The first-order valence-corrected chi connectivity index (χ1v) is 8.19. The van der Waals surface area contributed by atoms with Crippen LogP contribution in [0.5, 0.6) is 5.75 Å². The second-order valence-electron chi connectivity index (χ2n) is 5.69. The molecule has 0 unspecified atom stereocenters. The van der Waals surface area contributed by atoms with Gasteiger partial charge in [-0.1, -0.05) is 41.6 Å². The number of aromatic amines is 1. The average molecular weight is 349 g/mol. The predicted octanol–water partition coefficient (Wildman–Crippen LogP) is 4.75. The topological polar surface area (TPSA) is 63.9 Å². The van der Waals surface area contributed by atoms with Gasteiger partial charge in [-0.05, 0) is 23.8 Å². The van der Waals surface area contributed by atoms with Crippen LogP contribution < -0.4 is 4.74 Å². The van der Waals surface area contributed by atoms with Crippen molar-refractivity contribution >= 4 is 0 Å². The second kappa shape index (κ2) is 7.23. The number of alkyl halides is 1. The van der Waals surface area contributed by atoms with Crippen LogP contribution in [0.2, 0.25) is 0 Å². The summed E-state index contributed by atoms with van der Waals surface area (Å²) < 4.78 is 22.5.